The number of carboxylic acid groups (broad SMARTS) is 1. The van der Waals surface area contributed by atoms with Crippen LogP contribution in [0, 0.1) is 6.92 Å². The first kappa shape index (κ1) is 16.8. The van der Waals surface area contributed by atoms with Gasteiger partial charge in [-0.05, 0) is 19.1 Å². The Morgan fingerprint density at radius 2 is 1.80 bits per heavy atom. The van der Waals surface area contributed by atoms with Gasteiger partial charge in [0.05, 0.1) is 5.69 Å². The molecule has 0 saturated carbocycles. The Morgan fingerprint density at radius 1 is 1.08 bits per heavy atom. The number of aromatic carboxylic acids is 1. The molecule has 0 spiro atoms. The summed E-state index contributed by atoms with van der Waals surface area (Å²) in [5.41, 5.74) is 2.60. The van der Waals surface area contributed by atoms with Crippen molar-refractivity contribution >= 4 is 29.0 Å². The Labute approximate surface area is 148 Å². The smallest absolute Gasteiger partial charge is 0.348 e. The number of thiazole rings is 1. The standard InChI is InChI=1S/C18H15N3O3S/c1-10-8-13(9-14(19-10)20-11(2)22)17-21-15(16(25-17)18(23)24)12-6-4-3-5-7-12/h3-9H,1-2H3,(H,23,24)(H,19,20,22). The molecule has 0 unspecified atom stereocenters. The van der Waals surface area contributed by atoms with Gasteiger partial charge in [0, 0.05) is 23.7 Å². The number of rotatable bonds is 4. The molecular formula is C18H15N3O3S. The Balaban J connectivity index is 2.11. The van der Waals surface area contributed by atoms with Crippen molar-refractivity contribution in [3.8, 4) is 21.8 Å². The van der Waals surface area contributed by atoms with Gasteiger partial charge in [0.1, 0.15) is 15.7 Å². The average Bonchev–Trinajstić information content (AvgIpc) is 3.00. The molecule has 0 aliphatic heterocycles. The number of amides is 1. The molecule has 0 aliphatic carbocycles. The van der Waals surface area contributed by atoms with Crippen molar-refractivity contribution in [3.05, 3.63) is 53.0 Å². The van der Waals surface area contributed by atoms with E-state index in [1.165, 1.54) is 6.92 Å². The van der Waals surface area contributed by atoms with Gasteiger partial charge in [-0.1, -0.05) is 30.3 Å². The second-order valence-corrected chi connectivity index (χ2v) is 6.43. The number of anilines is 1. The average molecular weight is 353 g/mol. The van der Waals surface area contributed by atoms with Gasteiger partial charge in [0.25, 0.3) is 0 Å². The van der Waals surface area contributed by atoms with Crippen molar-refractivity contribution in [2.75, 3.05) is 5.32 Å². The van der Waals surface area contributed by atoms with Gasteiger partial charge in [-0.15, -0.1) is 11.3 Å². The lowest BCUT2D eigenvalue weighted by Gasteiger charge is -2.05. The summed E-state index contributed by atoms with van der Waals surface area (Å²) in [5, 5.41) is 12.7. The summed E-state index contributed by atoms with van der Waals surface area (Å²) in [6.45, 7) is 3.21. The highest BCUT2D eigenvalue weighted by Crippen LogP contribution is 2.34. The van der Waals surface area contributed by atoms with E-state index in [1.807, 2.05) is 36.4 Å². The van der Waals surface area contributed by atoms with Gasteiger partial charge >= 0.3 is 5.97 Å². The number of aromatic nitrogens is 2. The predicted molar refractivity (Wildman–Crippen MR) is 96.8 cm³/mol. The molecule has 25 heavy (non-hydrogen) atoms. The zero-order valence-electron chi connectivity index (χ0n) is 13.6. The van der Waals surface area contributed by atoms with Crippen LogP contribution < -0.4 is 5.32 Å². The maximum absolute atomic E-state index is 11.6. The fraction of sp³-hybridized carbons (Fsp3) is 0.111. The summed E-state index contributed by atoms with van der Waals surface area (Å²) in [6.07, 6.45) is 0. The number of nitrogens with zero attached hydrogens (tertiary/aromatic N) is 2. The lowest BCUT2D eigenvalue weighted by molar-refractivity contribution is -0.114. The first-order valence-corrected chi connectivity index (χ1v) is 8.32. The molecule has 1 aromatic carbocycles. The SMILES string of the molecule is CC(=O)Nc1cc(-c2nc(-c3ccccc3)c(C(=O)O)s2)cc(C)n1. The molecule has 0 aliphatic rings. The topological polar surface area (TPSA) is 92.2 Å². The number of aryl methyl sites for hydroxylation is 1. The van der Waals surface area contributed by atoms with Crippen LogP contribution in [0.15, 0.2) is 42.5 Å². The molecule has 0 atom stereocenters. The van der Waals surface area contributed by atoms with E-state index >= 15 is 0 Å². The predicted octanol–water partition coefficient (Wildman–Crippen LogP) is 3.84. The Morgan fingerprint density at radius 3 is 2.44 bits per heavy atom. The lowest BCUT2D eigenvalue weighted by Crippen LogP contribution is -2.07. The monoisotopic (exact) mass is 353 g/mol. The van der Waals surface area contributed by atoms with E-state index in [9.17, 15) is 14.7 Å². The summed E-state index contributed by atoms with van der Waals surface area (Å²) in [6, 6.07) is 12.7. The molecule has 0 bridgehead atoms. The van der Waals surface area contributed by atoms with Crippen LogP contribution in [0.3, 0.4) is 0 Å². The minimum atomic E-state index is -1.02. The third-order valence-corrected chi connectivity index (χ3v) is 4.47. The van der Waals surface area contributed by atoms with E-state index in [4.69, 9.17) is 0 Å². The molecular weight excluding hydrogens is 338 g/mol. The van der Waals surface area contributed by atoms with E-state index in [-0.39, 0.29) is 10.8 Å². The third-order valence-electron chi connectivity index (χ3n) is 3.37. The molecule has 3 rings (SSSR count). The second-order valence-electron chi connectivity index (χ2n) is 5.43. The maximum Gasteiger partial charge on any atom is 0.348 e. The quantitative estimate of drug-likeness (QED) is 0.743. The van der Waals surface area contributed by atoms with Gasteiger partial charge < -0.3 is 10.4 Å². The van der Waals surface area contributed by atoms with Crippen molar-refractivity contribution in [2.24, 2.45) is 0 Å². The van der Waals surface area contributed by atoms with Crippen molar-refractivity contribution in [1.82, 2.24) is 9.97 Å². The van der Waals surface area contributed by atoms with Crippen molar-refractivity contribution in [3.63, 3.8) is 0 Å². The second kappa shape index (κ2) is 6.82. The summed E-state index contributed by atoms with van der Waals surface area (Å²) in [4.78, 5) is 31.8. The lowest BCUT2D eigenvalue weighted by atomic mass is 10.1. The first-order chi connectivity index (χ1) is 11.9. The van der Waals surface area contributed by atoms with Crippen LogP contribution in [-0.4, -0.2) is 27.0 Å². The highest BCUT2D eigenvalue weighted by Gasteiger charge is 2.20. The number of carbonyl (C=O) groups is 2. The van der Waals surface area contributed by atoms with Gasteiger partial charge in [0.2, 0.25) is 5.91 Å². The minimum Gasteiger partial charge on any atom is -0.477 e. The van der Waals surface area contributed by atoms with Crippen LogP contribution in [0.5, 0.6) is 0 Å². The number of pyridine rings is 1. The highest BCUT2D eigenvalue weighted by molar-refractivity contribution is 7.17. The van der Waals surface area contributed by atoms with E-state index in [0.29, 0.717) is 27.8 Å². The van der Waals surface area contributed by atoms with E-state index in [0.717, 1.165) is 16.9 Å². The molecule has 2 N–H and O–H groups in total. The van der Waals surface area contributed by atoms with Crippen LogP contribution in [0.2, 0.25) is 0 Å². The number of carbonyl (C=O) groups excluding carboxylic acids is 1. The fourth-order valence-corrected chi connectivity index (χ4v) is 3.33. The van der Waals surface area contributed by atoms with Gasteiger partial charge in [0.15, 0.2) is 0 Å². The van der Waals surface area contributed by atoms with Crippen molar-refractivity contribution in [2.45, 2.75) is 13.8 Å². The fourth-order valence-electron chi connectivity index (χ4n) is 2.42. The third kappa shape index (κ3) is 3.72. The van der Waals surface area contributed by atoms with Crippen molar-refractivity contribution < 1.29 is 14.7 Å². The molecule has 0 fully saturated rings. The van der Waals surface area contributed by atoms with Gasteiger partial charge in [-0.3, -0.25) is 4.79 Å². The largest absolute Gasteiger partial charge is 0.477 e. The highest BCUT2D eigenvalue weighted by atomic mass is 32.1. The first-order valence-electron chi connectivity index (χ1n) is 7.50. The number of nitrogens with one attached hydrogen (secondary N) is 1. The zero-order chi connectivity index (χ0) is 18.0. The van der Waals surface area contributed by atoms with Crippen LogP contribution in [-0.2, 0) is 4.79 Å². The molecule has 0 saturated heterocycles. The maximum atomic E-state index is 11.6. The normalized spacial score (nSPS) is 10.5. The van der Waals surface area contributed by atoms with E-state index in [1.54, 1.807) is 13.0 Å². The summed E-state index contributed by atoms with van der Waals surface area (Å²) < 4.78 is 0. The van der Waals surface area contributed by atoms with Crippen LogP contribution in [0.4, 0.5) is 5.82 Å². The molecule has 3 aromatic rings. The van der Waals surface area contributed by atoms with Gasteiger partial charge in [-0.2, -0.15) is 0 Å². The molecule has 1 amide bonds. The molecule has 2 heterocycles. The van der Waals surface area contributed by atoms with Crippen LogP contribution in [0.1, 0.15) is 22.3 Å². The zero-order valence-corrected chi connectivity index (χ0v) is 14.4. The summed E-state index contributed by atoms with van der Waals surface area (Å²) in [5.74, 6) is -0.828. The molecule has 0 radical (unpaired) electrons. The molecule has 126 valence electrons. The summed E-state index contributed by atoms with van der Waals surface area (Å²) in [7, 11) is 0. The minimum absolute atomic E-state index is 0.178. The van der Waals surface area contributed by atoms with E-state index in [2.05, 4.69) is 15.3 Å². The Hall–Kier alpha value is -3.06. The Bertz CT molecular complexity index is 951. The summed E-state index contributed by atoms with van der Waals surface area (Å²) >= 11 is 1.10. The molecule has 6 nitrogen and oxygen atoms in total. The van der Waals surface area contributed by atoms with Crippen LogP contribution >= 0.6 is 11.3 Å². The molecule has 2 aromatic heterocycles. The van der Waals surface area contributed by atoms with Crippen LogP contribution in [0.25, 0.3) is 21.8 Å². The number of hydrogen-bond acceptors (Lipinski definition) is 5. The number of benzene rings is 1. The van der Waals surface area contributed by atoms with Gasteiger partial charge in [-0.25, -0.2) is 14.8 Å². The number of carboxylic acids is 1. The number of hydrogen-bond donors (Lipinski definition) is 2. The molecule has 7 heteroatoms. The van der Waals surface area contributed by atoms with Crippen molar-refractivity contribution in [1.29, 1.82) is 0 Å². The Kier molecular flexibility index (Phi) is 4.58. The van der Waals surface area contributed by atoms with E-state index < -0.39 is 5.97 Å².